The third kappa shape index (κ3) is 3.29. The van der Waals surface area contributed by atoms with E-state index in [1.165, 1.54) is 12.1 Å². The van der Waals surface area contributed by atoms with Crippen LogP contribution >= 0.6 is 0 Å². The van der Waals surface area contributed by atoms with Crippen LogP contribution in [0, 0.1) is 5.82 Å². The van der Waals surface area contributed by atoms with Crippen LogP contribution in [0.4, 0.5) is 4.39 Å². The summed E-state index contributed by atoms with van der Waals surface area (Å²) in [5.74, 6) is -0.128. The maximum atomic E-state index is 12.8. The van der Waals surface area contributed by atoms with Crippen molar-refractivity contribution >= 4 is 5.91 Å². The number of carbonyl (C=O) groups excluding carboxylic acids is 1. The van der Waals surface area contributed by atoms with Gasteiger partial charge in [-0.15, -0.1) is 0 Å². The molecule has 18 heavy (non-hydrogen) atoms. The summed E-state index contributed by atoms with van der Waals surface area (Å²) in [6.45, 7) is 1.62. The molecule has 1 amide bonds. The number of amides is 1. The number of nitrogens with zero attached hydrogens (tertiary/aromatic N) is 1. The Morgan fingerprint density at radius 3 is 2.50 bits per heavy atom. The summed E-state index contributed by atoms with van der Waals surface area (Å²) >= 11 is 0. The van der Waals surface area contributed by atoms with Crippen molar-refractivity contribution in [3.63, 3.8) is 0 Å². The topological polar surface area (TPSA) is 32.3 Å². The zero-order chi connectivity index (χ0) is 13.0. The molecular formula is C14H19FN2O. The molecule has 1 N–H and O–H groups in total. The third-order valence-corrected chi connectivity index (χ3v) is 3.52. The molecule has 0 aromatic heterocycles. The number of halogens is 1. The van der Waals surface area contributed by atoms with Crippen molar-refractivity contribution in [2.24, 2.45) is 0 Å². The SMILES string of the molecule is CNC1CCN(C(=O)Cc2ccc(F)cc2)CC1. The van der Waals surface area contributed by atoms with E-state index in [0.29, 0.717) is 12.5 Å². The van der Waals surface area contributed by atoms with Crippen molar-refractivity contribution in [2.75, 3.05) is 20.1 Å². The van der Waals surface area contributed by atoms with Gasteiger partial charge in [-0.05, 0) is 37.6 Å². The van der Waals surface area contributed by atoms with Crippen LogP contribution in [0.3, 0.4) is 0 Å². The van der Waals surface area contributed by atoms with Crippen LogP contribution in [0.1, 0.15) is 18.4 Å². The number of hydrogen-bond donors (Lipinski definition) is 1. The Morgan fingerprint density at radius 1 is 1.33 bits per heavy atom. The predicted molar refractivity (Wildman–Crippen MR) is 68.8 cm³/mol. The van der Waals surface area contributed by atoms with Crippen molar-refractivity contribution in [3.8, 4) is 0 Å². The van der Waals surface area contributed by atoms with Gasteiger partial charge in [0.2, 0.25) is 5.91 Å². The molecule has 1 saturated heterocycles. The first-order chi connectivity index (χ1) is 8.69. The summed E-state index contributed by atoms with van der Waals surface area (Å²) < 4.78 is 12.8. The molecule has 3 nitrogen and oxygen atoms in total. The van der Waals surface area contributed by atoms with Crippen molar-refractivity contribution in [2.45, 2.75) is 25.3 Å². The van der Waals surface area contributed by atoms with Crippen molar-refractivity contribution in [3.05, 3.63) is 35.6 Å². The zero-order valence-corrected chi connectivity index (χ0v) is 10.7. The molecule has 1 aliphatic heterocycles. The average molecular weight is 250 g/mol. The van der Waals surface area contributed by atoms with Crippen LogP contribution in [0.25, 0.3) is 0 Å². The van der Waals surface area contributed by atoms with Crippen molar-refractivity contribution in [1.29, 1.82) is 0 Å². The maximum Gasteiger partial charge on any atom is 0.226 e. The summed E-state index contributed by atoms with van der Waals surface area (Å²) in [5.41, 5.74) is 0.872. The van der Waals surface area contributed by atoms with E-state index in [9.17, 15) is 9.18 Å². The molecule has 4 heteroatoms. The Morgan fingerprint density at radius 2 is 1.94 bits per heavy atom. The first-order valence-electron chi connectivity index (χ1n) is 6.38. The van der Waals surface area contributed by atoms with Crippen LogP contribution < -0.4 is 5.32 Å². The highest BCUT2D eigenvalue weighted by Crippen LogP contribution is 2.12. The molecule has 0 atom stereocenters. The van der Waals surface area contributed by atoms with E-state index in [2.05, 4.69) is 5.32 Å². The lowest BCUT2D eigenvalue weighted by molar-refractivity contribution is -0.131. The van der Waals surface area contributed by atoms with Crippen LogP contribution in [-0.4, -0.2) is 37.0 Å². The first-order valence-corrected chi connectivity index (χ1v) is 6.38. The standard InChI is InChI=1S/C14H19FN2O/c1-16-13-6-8-17(9-7-13)14(18)10-11-2-4-12(15)5-3-11/h2-5,13,16H,6-10H2,1H3. The molecule has 1 fully saturated rings. The highest BCUT2D eigenvalue weighted by Gasteiger charge is 2.21. The molecule has 1 aromatic carbocycles. The number of benzene rings is 1. The monoisotopic (exact) mass is 250 g/mol. The van der Waals surface area contributed by atoms with Crippen LogP contribution in [0.2, 0.25) is 0 Å². The van der Waals surface area contributed by atoms with Crippen LogP contribution in [0.15, 0.2) is 24.3 Å². The van der Waals surface area contributed by atoms with Crippen LogP contribution in [0.5, 0.6) is 0 Å². The summed E-state index contributed by atoms with van der Waals surface area (Å²) in [5, 5.41) is 3.24. The fourth-order valence-corrected chi connectivity index (χ4v) is 2.31. The van der Waals surface area contributed by atoms with Crippen molar-refractivity contribution in [1.82, 2.24) is 10.2 Å². The second kappa shape index (κ2) is 5.96. The second-order valence-electron chi connectivity index (χ2n) is 4.75. The fourth-order valence-electron chi connectivity index (χ4n) is 2.31. The van der Waals surface area contributed by atoms with E-state index in [1.807, 2.05) is 11.9 Å². The van der Waals surface area contributed by atoms with Gasteiger partial charge in [0.15, 0.2) is 0 Å². The zero-order valence-electron chi connectivity index (χ0n) is 10.7. The Hall–Kier alpha value is -1.42. The maximum absolute atomic E-state index is 12.8. The van der Waals surface area contributed by atoms with Gasteiger partial charge in [-0.1, -0.05) is 12.1 Å². The lowest BCUT2D eigenvalue weighted by Gasteiger charge is -2.31. The molecule has 0 aliphatic carbocycles. The second-order valence-corrected chi connectivity index (χ2v) is 4.75. The van der Waals surface area contributed by atoms with Gasteiger partial charge in [0.25, 0.3) is 0 Å². The van der Waals surface area contributed by atoms with Gasteiger partial charge in [0.1, 0.15) is 5.82 Å². The molecule has 0 radical (unpaired) electrons. The average Bonchev–Trinajstić information content (AvgIpc) is 2.41. The normalized spacial score (nSPS) is 16.9. The molecule has 1 aliphatic rings. The van der Waals surface area contributed by atoms with Gasteiger partial charge >= 0.3 is 0 Å². The van der Waals surface area contributed by atoms with Gasteiger partial charge < -0.3 is 10.2 Å². The molecule has 0 spiro atoms. The van der Waals surface area contributed by atoms with Gasteiger partial charge in [-0.25, -0.2) is 4.39 Å². The minimum absolute atomic E-state index is 0.135. The Labute approximate surface area is 107 Å². The van der Waals surface area contributed by atoms with E-state index in [4.69, 9.17) is 0 Å². The first kappa shape index (κ1) is 13.0. The fraction of sp³-hybridized carbons (Fsp3) is 0.500. The van der Waals surface area contributed by atoms with Gasteiger partial charge in [0, 0.05) is 19.1 Å². The van der Waals surface area contributed by atoms with E-state index in [-0.39, 0.29) is 11.7 Å². The van der Waals surface area contributed by atoms with E-state index in [1.54, 1.807) is 12.1 Å². The number of hydrogen-bond acceptors (Lipinski definition) is 2. The van der Waals surface area contributed by atoms with Crippen molar-refractivity contribution < 1.29 is 9.18 Å². The highest BCUT2D eigenvalue weighted by molar-refractivity contribution is 5.78. The Kier molecular flexibility index (Phi) is 4.31. The molecule has 0 unspecified atom stereocenters. The Balaban J connectivity index is 1.87. The van der Waals surface area contributed by atoms with E-state index < -0.39 is 0 Å². The number of piperidine rings is 1. The van der Waals surface area contributed by atoms with Gasteiger partial charge in [-0.2, -0.15) is 0 Å². The quantitative estimate of drug-likeness (QED) is 0.883. The summed E-state index contributed by atoms with van der Waals surface area (Å²) in [6.07, 6.45) is 2.38. The molecule has 2 rings (SSSR count). The number of likely N-dealkylation sites (tertiary alicyclic amines) is 1. The summed E-state index contributed by atoms with van der Waals surface area (Å²) in [6, 6.07) is 6.67. The molecule has 98 valence electrons. The lowest BCUT2D eigenvalue weighted by Crippen LogP contribution is -2.44. The summed E-state index contributed by atoms with van der Waals surface area (Å²) in [4.78, 5) is 14.0. The summed E-state index contributed by atoms with van der Waals surface area (Å²) in [7, 11) is 1.96. The van der Waals surface area contributed by atoms with E-state index in [0.717, 1.165) is 31.5 Å². The molecular weight excluding hydrogens is 231 g/mol. The number of carbonyl (C=O) groups is 1. The lowest BCUT2D eigenvalue weighted by atomic mass is 10.0. The largest absolute Gasteiger partial charge is 0.342 e. The van der Waals surface area contributed by atoms with Crippen LogP contribution in [-0.2, 0) is 11.2 Å². The molecule has 1 aromatic rings. The minimum atomic E-state index is -0.263. The van der Waals surface area contributed by atoms with Gasteiger partial charge in [0.05, 0.1) is 6.42 Å². The molecule has 0 bridgehead atoms. The Bertz CT molecular complexity index is 397. The molecule has 1 heterocycles. The molecule has 0 saturated carbocycles. The number of nitrogens with one attached hydrogen (secondary N) is 1. The number of rotatable bonds is 3. The predicted octanol–water partition coefficient (Wildman–Crippen LogP) is 1.58. The van der Waals surface area contributed by atoms with Gasteiger partial charge in [-0.3, -0.25) is 4.79 Å². The van der Waals surface area contributed by atoms with E-state index >= 15 is 0 Å². The third-order valence-electron chi connectivity index (χ3n) is 3.52. The highest BCUT2D eigenvalue weighted by atomic mass is 19.1. The minimum Gasteiger partial charge on any atom is -0.342 e. The smallest absolute Gasteiger partial charge is 0.226 e.